The highest BCUT2D eigenvalue weighted by Gasteiger charge is 2.20. The second-order valence-electron chi connectivity index (χ2n) is 6.31. The summed E-state index contributed by atoms with van der Waals surface area (Å²) in [7, 11) is 0. The van der Waals surface area contributed by atoms with Gasteiger partial charge in [0.1, 0.15) is 0 Å². The first kappa shape index (κ1) is 17.9. The maximum absolute atomic E-state index is 12.6. The molecule has 1 aromatic heterocycles. The predicted molar refractivity (Wildman–Crippen MR) is 101 cm³/mol. The number of fused-ring (bicyclic) bond motifs is 1. The van der Waals surface area contributed by atoms with E-state index in [0.717, 1.165) is 30.5 Å². The summed E-state index contributed by atoms with van der Waals surface area (Å²) in [6, 6.07) is 5.47. The molecule has 142 valence electrons. The van der Waals surface area contributed by atoms with E-state index in [1.54, 1.807) is 0 Å². The van der Waals surface area contributed by atoms with Crippen LogP contribution in [0, 0.1) is 0 Å². The van der Waals surface area contributed by atoms with Gasteiger partial charge in [-0.25, -0.2) is 0 Å². The Labute approximate surface area is 161 Å². The number of allylic oxidation sites excluding steroid dienone is 2. The van der Waals surface area contributed by atoms with Crippen molar-refractivity contribution in [1.82, 2.24) is 15.1 Å². The molecule has 7 nitrogen and oxygen atoms in total. The Morgan fingerprint density at radius 2 is 2.11 bits per heavy atom. The van der Waals surface area contributed by atoms with Crippen molar-refractivity contribution in [3.8, 4) is 23.0 Å². The molecule has 0 radical (unpaired) electrons. The fourth-order valence-electron chi connectivity index (χ4n) is 3.22. The molecular formula is C19H21N3O4S. The first-order chi connectivity index (χ1) is 13.2. The molecule has 1 aliphatic heterocycles. The second-order valence-corrected chi connectivity index (χ2v) is 7.24. The molecule has 2 heterocycles. The Kier molecular flexibility index (Phi) is 5.33. The average molecular weight is 387 g/mol. The molecule has 0 saturated heterocycles. The van der Waals surface area contributed by atoms with Crippen molar-refractivity contribution in [3.05, 3.63) is 30.0 Å². The minimum atomic E-state index is 0.0680. The molecule has 0 bridgehead atoms. The summed E-state index contributed by atoms with van der Waals surface area (Å²) in [6.45, 7) is 2.90. The van der Waals surface area contributed by atoms with Gasteiger partial charge in [0.15, 0.2) is 11.5 Å². The van der Waals surface area contributed by atoms with E-state index in [0.29, 0.717) is 29.2 Å². The van der Waals surface area contributed by atoms with Crippen LogP contribution >= 0.6 is 11.8 Å². The molecule has 0 fully saturated rings. The summed E-state index contributed by atoms with van der Waals surface area (Å²) in [5.74, 6) is 2.10. The average Bonchev–Trinajstić information content (AvgIpc) is 3.36. The van der Waals surface area contributed by atoms with Gasteiger partial charge in [0.25, 0.3) is 5.22 Å². The van der Waals surface area contributed by atoms with Gasteiger partial charge in [-0.05, 0) is 50.8 Å². The molecule has 4 rings (SSSR count). The van der Waals surface area contributed by atoms with Crippen LogP contribution < -0.4 is 9.47 Å². The van der Waals surface area contributed by atoms with Crippen LogP contribution in [0.5, 0.6) is 11.5 Å². The van der Waals surface area contributed by atoms with Crippen LogP contribution in [0.4, 0.5) is 0 Å². The molecule has 1 amide bonds. The molecule has 1 aromatic carbocycles. The van der Waals surface area contributed by atoms with Crippen LogP contribution in [0.15, 0.2) is 39.6 Å². The number of aromatic nitrogens is 2. The lowest BCUT2D eigenvalue weighted by Crippen LogP contribution is -2.32. The predicted octanol–water partition coefficient (Wildman–Crippen LogP) is 3.86. The molecule has 0 saturated carbocycles. The first-order valence-electron chi connectivity index (χ1n) is 9.10. The summed E-state index contributed by atoms with van der Waals surface area (Å²) in [5.41, 5.74) is 1.90. The molecular weight excluding hydrogens is 366 g/mol. The van der Waals surface area contributed by atoms with Gasteiger partial charge >= 0.3 is 0 Å². The fraction of sp³-hybridized carbons (Fsp3) is 0.421. The Balaban J connectivity index is 1.39. The van der Waals surface area contributed by atoms with Gasteiger partial charge in [-0.3, -0.25) is 4.79 Å². The Morgan fingerprint density at radius 3 is 2.93 bits per heavy atom. The Morgan fingerprint density at radius 1 is 1.22 bits per heavy atom. The maximum Gasteiger partial charge on any atom is 0.277 e. The number of nitrogens with zero attached hydrogens (tertiary/aromatic N) is 3. The van der Waals surface area contributed by atoms with Gasteiger partial charge in [-0.2, -0.15) is 0 Å². The van der Waals surface area contributed by atoms with E-state index in [9.17, 15) is 4.79 Å². The molecule has 2 aromatic rings. The normalized spacial score (nSPS) is 15.5. The Hall–Kier alpha value is -2.48. The van der Waals surface area contributed by atoms with Gasteiger partial charge in [0.2, 0.25) is 18.6 Å². The van der Waals surface area contributed by atoms with E-state index in [1.807, 2.05) is 30.0 Å². The van der Waals surface area contributed by atoms with Gasteiger partial charge in [0.05, 0.1) is 5.75 Å². The van der Waals surface area contributed by atoms with E-state index >= 15 is 0 Å². The minimum absolute atomic E-state index is 0.0680. The maximum atomic E-state index is 12.6. The summed E-state index contributed by atoms with van der Waals surface area (Å²) in [6.07, 6.45) is 6.55. The number of benzene rings is 1. The summed E-state index contributed by atoms with van der Waals surface area (Å²) >= 11 is 1.26. The molecule has 0 spiro atoms. The van der Waals surface area contributed by atoms with Gasteiger partial charge < -0.3 is 18.8 Å². The number of rotatable bonds is 6. The highest BCUT2D eigenvalue weighted by molar-refractivity contribution is 7.99. The van der Waals surface area contributed by atoms with E-state index in [1.165, 1.54) is 18.2 Å². The van der Waals surface area contributed by atoms with E-state index < -0.39 is 0 Å². The molecule has 8 heteroatoms. The number of carbonyl (C=O) groups is 1. The number of hydrogen-bond donors (Lipinski definition) is 0. The van der Waals surface area contributed by atoms with Crippen molar-refractivity contribution in [1.29, 1.82) is 0 Å². The number of hydrogen-bond acceptors (Lipinski definition) is 7. The zero-order valence-electron chi connectivity index (χ0n) is 15.1. The highest BCUT2D eigenvalue weighted by Crippen LogP contribution is 2.36. The second kappa shape index (κ2) is 8.04. The van der Waals surface area contributed by atoms with Crippen LogP contribution in [-0.2, 0) is 4.79 Å². The molecule has 0 N–H and O–H groups in total. The third-order valence-electron chi connectivity index (χ3n) is 4.58. The lowest BCUT2D eigenvalue weighted by atomic mass is 10.0. The lowest BCUT2D eigenvalue weighted by Gasteiger charge is -2.26. The molecule has 0 unspecified atom stereocenters. The highest BCUT2D eigenvalue weighted by atomic mass is 32.2. The van der Waals surface area contributed by atoms with Gasteiger partial charge in [-0.1, -0.05) is 17.8 Å². The zero-order valence-corrected chi connectivity index (χ0v) is 16.0. The van der Waals surface area contributed by atoms with Crippen molar-refractivity contribution in [3.63, 3.8) is 0 Å². The lowest BCUT2D eigenvalue weighted by molar-refractivity contribution is -0.126. The van der Waals surface area contributed by atoms with Crippen molar-refractivity contribution in [2.45, 2.75) is 37.8 Å². The third kappa shape index (κ3) is 3.95. The summed E-state index contributed by atoms with van der Waals surface area (Å²) in [5, 5.41) is 8.50. The fourth-order valence-corrected chi connectivity index (χ4v) is 3.86. The monoisotopic (exact) mass is 387 g/mol. The summed E-state index contributed by atoms with van der Waals surface area (Å²) in [4.78, 5) is 14.5. The molecule has 27 heavy (non-hydrogen) atoms. The van der Waals surface area contributed by atoms with Crippen LogP contribution in [0.3, 0.4) is 0 Å². The van der Waals surface area contributed by atoms with E-state index in [-0.39, 0.29) is 18.5 Å². The largest absolute Gasteiger partial charge is 0.454 e. The minimum Gasteiger partial charge on any atom is -0.454 e. The number of amides is 1. The number of thioether (sulfide) groups is 1. The number of ether oxygens (including phenoxy) is 2. The van der Waals surface area contributed by atoms with Crippen molar-refractivity contribution < 1.29 is 18.7 Å². The Bertz CT molecular complexity index is 864. The van der Waals surface area contributed by atoms with Crippen LogP contribution in [-0.4, -0.2) is 40.1 Å². The van der Waals surface area contributed by atoms with Crippen molar-refractivity contribution in [2.24, 2.45) is 0 Å². The van der Waals surface area contributed by atoms with E-state index in [2.05, 4.69) is 16.3 Å². The number of carbonyl (C=O) groups excluding carboxylic acids is 1. The van der Waals surface area contributed by atoms with Crippen molar-refractivity contribution >= 4 is 17.7 Å². The SMILES string of the molecule is CCN(C(=O)CSc1nnc(-c2ccc3c(c2)OCO3)o1)C1=CCCCC1. The molecule has 1 aliphatic carbocycles. The topological polar surface area (TPSA) is 77.7 Å². The van der Waals surface area contributed by atoms with Crippen LogP contribution in [0.2, 0.25) is 0 Å². The van der Waals surface area contributed by atoms with Crippen LogP contribution in [0.25, 0.3) is 11.5 Å². The van der Waals surface area contributed by atoms with Crippen molar-refractivity contribution in [2.75, 3.05) is 19.1 Å². The summed E-state index contributed by atoms with van der Waals surface area (Å²) < 4.78 is 16.4. The molecule has 0 atom stereocenters. The smallest absolute Gasteiger partial charge is 0.277 e. The standard InChI is InChI=1S/C19H21N3O4S/c1-2-22(14-6-4-3-5-7-14)17(23)11-27-19-21-20-18(26-19)13-8-9-15-16(10-13)25-12-24-15/h6,8-10H,2-5,7,11-12H2,1H3. The third-order valence-corrected chi connectivity index (χ3v) is 5.38. The quantitative estimate of drug-likeness (QED) is 0.696. The van der Waals surface area contributed by atoms with E-state index in [4.69, 9.17) is 13.9 Å². The van der Waals surface area contributed by atoms with Gasteiger partial charge in [-0.15, -0.1) is 10.2 Å². The molecule has 2 aliphatic rings. The zero-order chi connectivity index (χ0) is 18.6. The first-order valence-corrected chi connectivity index (χ1v) is 10.1. The van der Waals surface area contributed by atoms with Crippen LogP contribution in [0.1, 0.15) is 32.6 Å². The van der Waals surface area contributed by atoms with Gasteiger partial charge in [0, 0.05) is 17.8 Å².